The number of aliphatic hydroxyl groups excluding tert-OH is 1. The molecule has 4 nitrogen and oxygen atoms in total. The molecule has 1 aliphatic rings. The molecule has 1 aromatic carbocycles. The van der Waals surface area contributed by atoms with E-state index in [0.717, 1.165) is 37.6 Å². The molecule has 1 aliphatic heterocycles. The molecule has 0 aromatic heterocycles. The lowest BCUT2D eigenvalue weighted by atomic mass is 10.0. The Morgan fingerprint density at radius 2 is 1.83 bits per heavy atom. The maximum Gasteiger partial charge on any atom is 0.118 e. The average molecular weight is 251 g/mol. The summed E-state index contributed by atoms with van der Waals surface area (Å²) in [6.45, 7) is 5.32. The zero-order valence-corrected chi connectivity index (χ0v) is 11.0. The molecule has 0 radical (unpaired) electrons. The van der Waals surface area contributed by atoms with Crippen LogP contribution >= 0.6 is 0 Å². The van der Waals surface area contributed by atoms with E-state index in [4.69, 9.17) is 9.47 Å². The largest absolute Gasteiger partial charge is 0.497 e. The van der Waals surface area contributed by atoms with Gasteiger partial charge in [-0.3, -0.25) is 4.90 Å². The predicted molar refractivity (Wildman–Crippen MR) is 69.8 cm³/mol. The first-order chi connectivity index (χ1) is 8.72. The first kappa shape index (κ1) is 13.3. The van der Waals surface area contributed by atoms with Crippen LogP contribution in [0.5, 0.6) is 5.75 Å². The number of methoxy groups -OCH3 is 1. The fraction of sp³-hybridized carbons (Fsp3) is 0.571. The van der Waals surface area contributed by atoms with Crippen molar-refractivity contribution in [3.63, 3.8) is 0 Å². The monoisotopic (exact) mass is 251 g/mol. The van der Waals surface area contributed by atoms with Gasteiger partial charge in [0.05, 0.1) is 26.4 Å². The quantitative estimate of drug-likeness (QED) is 0.879. The highest BCUT2D eigenvalue weighted by atomic mass is 16.5. The van der Waals surface area contributed by atoms with E-state index in [1.807, 2.05) is 24.3 Å². The molecule has 100 valence electrons. The molecular formula is C14H21NO3. The fourth-order valence-electron chi connectivity index (χ4n) is 2.26. The van der Waals surface area contributed by atoms with E-state index in [-0.39, 0.29) is 6.04 Å². The highest BCUT2D eigenvalue weighted by Gasteiger charge is 2.24. The van der Waals surface area contributed by atoms with Crippen LogP contribution in [0.2, 0.25) is 0 Å². The van der Waals surface area contributed by atoms with Gasteiger partial charge in [0, 0.05) is 19.1 Å². The third-order valence-corrected chi connectivity index (χ3v) is 3.54. The molecular weight excluding hydrogens is 230 g/mol. The van der Waals surface area contributed by atoms with E-state index in [0.29, 0.717) is 0 Å². The number of hydrogen-bond acceptors (Lipinski definition) is 4. The Hall–Kier alpha value is -1.10. The first-order valence-electron chi connectivity index (χ1n) is 6.36. The van der Waals surface area contributed by atoms with Crippen LogP contribution in [0.15, 0.2) is 24.3 Å². The number of benzene rings is 1. The van der Waals surface area contributed by atoms with E-state index in [1.54, 1.807) is 7.11 Å². The van der Waals surface area contributed by atoms with Gasteiger partial charge in [0.25, 0.3) is 0 Å². The zero-order valence-electron chi connectivity index (χ0n) is 11.0. The molecule has 0 saturated carbocycles. The molecule has 0 amide bonds. The summed E-state index contributed by atoms with van der Waals surface area (Å²) in [7, 11) is 1.64. The van der Waals surface area contributed by atoms with Crippen LogP contribution in [0.1, 0.15) is 18.6 Å². The molecule has 2 unspecified atom stereocenters. The van der Waals surface area contributed by atoms with Crippen LogP contribution in [0.3, 0.4) is 0 Å². The Morgan fingerprint density at radius 1 is 1.22 bits per heavy atom. The Balaban J connectivity index is 2.01. The molecule has 1 aromatic rings. The van der Waals surface area contributed by atoms with Crippen LogP contribution in [0, 0.1) is 0 Å². The molecule has 0 spiro atoms. The highest BCUT2D eigenvalue weighted by Crippen LogP contribution is 2.23. The summed E-state index contributed by atoms with van der Waals surface area (Å²) in [5.74, 6) is 0.810. The fourth-order valence-corrected chi connectivity index (χ4v) is 2.26. The van der Waals surface area contributed by atoms with E-state index < -0.39 is 6.10 Å². The molecule has 0 bridgehead atoms. The second-order valence-corrected chi connectivity index (χ2v) is 4.61. The van der Waals surface area contributed by atoms with E-state index in [1.165, 1.54) is 0 Å². The number of aliphatic hydroxyl groups is 1. The molecule has 4 heteroatoms. The molecule has 2 rings (SSSR count). The molecule has 1 fully saturated rings. The van der Waals surface area contributed by atoms with Crippen LogP contribution in [-0.2, 0) is 4.74 Å². The summed E-state index contributed by atoms with van der Waals surface area (Å²) in [6.07, 6.45) is -0.478. The molecule has 18 heavy (non-hydrogen) atoms. The third kappa shape index (κ3) is 3.02. The third-order valence-electron chi connectivity index (χ3n) is 3.54. The topological polar surface area (TPSA) is 41.9 Å². The number of nitrogens with zero attached hydrogens (tertiary/aromatic N) is 1. The SMILES string of the molecule is COc1ccc(C(O)C(C)N2CCOCC2)cc1. The van der Waals surface area contributed by atoms with E-state index >= 15 is 0 Å². The molecule has 1 N–H and O–H groups in total. The maximum atomic E-state index is 10.4. The van der Waals surface area contributed by atoms with Gasteiger partial charge in [-0.1, -0.05) is 12.1 Å². The Kier molecular flexibility index (Phi) is 4.58. The Labute approximate surface area is 108 Å². The highest BCUT2D eigenvalue weighted by molar-refractivity contribution is 5.29. The van der Waals surface area contributed by atoms with E-state index in [9.17, 15) is 5.11 Å². The second kappa shape index (κ2) is 6.18. The van der Waals surface area contributed by atoms with Crippen molar-refractivity contribution in [2.45, 2.75) is 19.1 Å². The predicted octanol–water partition coefficient (Wildman–Crippen LogP) is 1.45. The zero-order chi connectivity index (χ0) is 13.0. The smallest absolute Gasteiger partial charge is 0.118 e. The normalized spacial score (nSPS) is 20.4. The second-order valence-electron chi connectivity index (χ2n) is 4.61. The summed E-state index contributed by atoms with van der Waals surface area (Å²) in [5.41, 5.74) is 0.926. The minimum absolute atomic E-state index is 0.0993. The van der Waals surface area contributed by atoms with Gasteiger partial charge in [0.2, 0.25) is 0 Å². The standard InChI is InChI=1S/C14H21NO3/c1-11(15-7-9-18-10-8-15)14(16)12-3-5-13(17-2)6-4-12/h3-6,11,14,16H,7-10H2,1-2H3. The van der Waals surface area contributed by atoms with Crippen molar-refractivity contribution in [2.24, 2.45) is 0 Å². The van der Waals surface area contributed by atoms with Crippen LogP contribution in [0.4, 0.5) is 0 Å². The Bertz CT molecular complexity index is 360. The lowest BCUT2D eigenvalue weighted by Crippen LogP contribution is -2.44. The van der Waals surface area contributed by atoms with Crippen LogP contribution in [-0.4, -0.2) is 49.5 Å². The van der Waals surface area contributed by atoms with Crippen LogP contribution in [0.25, 0.3) is 0 Å². The molecule has 1 heterocycles. The van der Waals surface area contributed by atoms with Crippen LogP contribution < -0.4 is 4.74 Å². The number of morpholine rings is 1. The lowest BCUT2D eigenvalue weighted by Gasteiger charge is -2.35. The number of ether oxygens (including phenoxy) is 2. The van der Waals surface area contributed by atoms with Crippen molar-refractivity contribution in [3.8, 4) is 5.75 Å². The van der Waals surface area contributed by atoms with Gasteiger partial charge in [-0.05, 0) is 24.6 Å². The van der Waals surface area contributed by atoms with E-state index in [2.05, 4.69) is 11.8 Å². The number of rotatable bonds is 4. The van der Waals surface area contributed by atoms with Gasteiger partial charge in [-0.2, -0.15) is 0 Å². The van der Waals surface area contributed by atoms with Gasteiger partial charge in [-0.25, -0.2) is 0 Å². The van der Waals surface area contributed by atoms with Crippen molar-refractivity contribution < 1.29 is 14.6 Å². The average Bonchev–Trinajstić information content (AvgIpc) is 2.47. The van der Waals surface area contributed by atoms with Crippen molar-refractivity contribution in [3.05, 3.63) is 29.8 Å². The van der Waals surface area contributed by atoms with Gasteiger partial charge < -0.3 is 14.6 Å². The van der Waals surface area contributed by atoms with Crippen molar-refractivity contribution in [1.82, 2.24) is 4.90 Å². The minimum atomic E-state index is -0.478. The maximum absolute atomic E-state index is 10.4. The lowest BCUT2D eigenvalue weighted by molar-refractivity contribution is -0.0166. The molecule has 2 atom stereocenters. The Morgan fingerprint density at radius 3 is 2.39 bits per heavy atom. The van der Waals surface area contributed by atoms with Crippen molar-refractivity contribution in [1.29, 1.82) is 0 Å². The van der Waals surface area contributed by atoms with Gasteiger partial charge in [0.15, 0.2) is 0 Å². The molecule has 0 aliphatic carbocycles. The minimum Gasteiger partial charge on any atom is -0.497 e. The summed E-state index contributed by atoms with van der Waals surface area (Å²) >= 11 is 0. The number of hydrogen-bond donors (Lipinski definition) is 1. The summed E-state index contributed by atoms with van der Waals surface area (Å²) < 4.78 is 10.4. The first-order valence-corrected chi connectivity index (χ1v) is 6.36. The summed E-state index contributed by atoms with van der Waals surface area (Å²) in [5, 5.41) is 10.4. The van der Waals surface area contributed by atoms with Crippen molar-refractivity contribution in [2.75, 3.05) is 33.4 Å². The van der Waals surface area contributed by atoms with Gasteiger partial charge >= 0.3 is 0 Å². The molecule has 1 saturated heterocycles. The van der Waals surface area contributed by atoms with Crippen molar-refractivity contribution >= 4 is 0 Å². The summed E-state index contributed by atoms with van der Waals surface area (Å²) in [6, 6.07) is 7.69. The van der Waals surface area contributed by atoms with Gasteiger partial charge in [0.1, 0.15) is 5.75 Å². The summed E-state index contributed by atoms with van der Waals surface area (Å²) in [4.78, 5) is 2.26. The van der Waals surface area contributed by atoms with Gasteiger partial charge in [-0.15, -0.1) is 0 Å².